The highest BCUT2D eigenvalue weighted by Crippen LogP contribution is 2.42. The van der Waals surface area contributed by atoms with Crippen LogP contribution in [-0.4, -0.2) is 22.4 Å². The summed E-state index contributed by atoms with van der Waals surface area (Å²) in [6.07, 6.45) is 5.21. The zero-order valence-electron chi connectivity index (χ0n) is 15.3. The maximum absolute atomic E-state index is 12.6. The fourth-order valence-electron chi connectivity index (χ4n) is 3.71. The predicted molar refractivity (Wildman–Crippen MR) is 105 cm³/mol. The molecule has 1 heterocycles. The first-order chi connectivity index (χ1) is 12.9. The summed E-state index contributed by atoms with van der Waals surface area (Å²) in [6, 6.07) is 5.11. The average Bonchev–Trinajstić information content (AvgIpc) is 3.00. The molecule has 0 amide bonds. The van der Waals surface area contributed by atoms with Crippen LogP contribution in [0.2, 0.25) is 10.0 Å². The van der Waals surface area contributed by atoms with Crippen molar-refractivity contribution in [1.29, 1.82) is 0 Å². The van der Waals surface area contributed by atoms with E-state index in [2.05, 4.69) is 5.16 Å². The van der Waals surface area contributed by atoms with Crippen LogP contribution in [-0.2, 0) is 21.0 Å². The lowest BCUT2D eigenvalue weighted by atomic mass is 9.90. The molecular formula is C20H23Cl2NO4. The van der Waals surface area contributed by atoms with E-state index in [1.807, 2.05) is 6.92 Å². The molecular weight excluding hydrogens is 389 g/mol. The molecule has 0 aromatic heterocycles. The number of esters is 1. The quantitative estimate of drug-likeness (QED) is 0.368. The Labute approximate surface area is 168 Å². The second kappa shape index (κ2) is 8.53. The summed E-state index contributed by atoms with van der Waals surface area (Å²) in [6.45, 7) is 2.12. The highest BCUT2D eigenvalue weighted by atomic mass is 35.5. The standard InChI is InChI=1S/C20H23Cl2NO4/c1-2-5-16(23-26-12-13-8-14(21)10-15(22)9-13)18-17(24)11-20(27-19(18)25)6-3-4-7-20/h8-10,24H,2-7,11-12H2,1H3/b23-16+. The Hall–Kier alpha value is -1.72. The summed E-state index contributed by atoms with van der Waals surface area (Å²) in [5.74, 6) is -0.461. The minimum atomic E-state index is -0.541. The Bertz CT molecular complexity index is 762. The largest absolute Gasteiger partial charge is 0.511 e. The Balaban J connectivity index is 1.77. The zero-order valence-corrected chi connectivity index (χ0v) is 16.8. The number of hydrogen-bond donors (Lipinski definition) is 1. The lowest BCUT2D eigenvalue weighted by Gasteiger charge is -2.33. The topological polar surface area (TPSA) is 68.1 Å². The second-order valence-electron chi connectivity index (χ2n) is 7.12. The van der Waals surface area contributed by atoms with Gasteiger partial charge in [-0.25, -0.2) is 4.79 Å². The lowest BCUT2D eigenvalue weighted by molar-refractivity contribution is -0.157. The van der Waals surface area contributed by atoms with Gasteiger partial charge in [0.2, 0.25) is 0 Å². The number of rotatable bonds is 6. The van der Waals surface area contributed by atoms with Gasteiger partial charge in [-0.05, 0) is 55.9 Å². The molecule has 1 saturated carbocycles. The monoisotopic (exact) mass is 411 g/mol. The first kappa shape index (κ1) is 20.0. The molecule has 27 heavy (non-hydrogen) atoms. The Morgan fingerprint density at radius 1 is 1.26 bits per heavy atom. The summed E-state index contributed by atoms with van der Waals surface area (Å²) in [4.78, 5) is 18.0. The number of carbonyl (C=O) groups is 1. The van der Waals surface area contributed by atoms with Crippen molar-refractivity contribution >= 4 is 34.9 Å². The van der Waals surface area contributed by atoms with Gasteiger partial charge in [0.05, 0.1) is 5.71 Å². The smallest absolute Gasteiger partial charge is 0.344 e. The molecule has 1 aliphatic heterocycles. The molecule has 3 rings (SSSR count). The Morgan fingerprint density at radius 2 is 1.93 bits per heavy atom. The molecule has 7 heteroatoms. The molecule has 0 saturated heterocycles. The molecule has 0 radical (unpaired) electrons. The van der Waals surface area contributed by atoms with Gasteiger partial charge in [-0.1, -0.05) is 41.7 Å². The number of aliphatic hydroxyl groups is 1. The van der Waals surface area contributed by atoms with Crippen LogP contribution < -0.4 is 0 Å². The third-order valence-corrected chi connectivity index (χ3v) is 5.35. The van der Waals surface area contributed by atoms with Gasteiger partial charge >= 0.3 is 5.97 Å². The van der Waals surface area contributed by atoms with Crippen molar-refractivity contribution in [3.8, 4) is 0 Å². The Kier molecular flexibility index (Phi) is 6.33. The van der Waals surface area contributed by atoms with Gasteiger partial charge < -0.3 is 14.7 Å². The maximum atomic E-state index is 12.6. The van der Waals surface area contributed by atoms with Crippen LogP contribution in [0.15, 0.2) is 34.7 Å². The number of halogens is 2. The van der Waals surface area contributed by atoms with E-state index in [9.17, 15) is 9.90 Å². The van der Waals surface area contributed by atoms with Crippen LogP contribution in [0, 0.1) is 0 Å². The summed E-state index contributed by atoms with van der Waals surface area (Å²) < 4.78 is 5.71. The third kappa shape index (κ3) is 4.77. The van der Waals surface area contributed by atoms with E-state index in [1.54, 1.807) is 18.2 Å². The molecule has 0 unspecified atom stereocenters. The lowest BCUT2D eigenvalue weighted by Crippen LogP contribution is -2.39. The molecule has 0 atom stereocenters. The molecule has 1 aromatic rings. The van der Waals surface area contributed by atoms with Crippen LogP contribution in [0.25, 0.3) is 0 Å². The fourth-order valence-corrected chi connectivity index (χ4v) is 4.28. The summed E-state index contributed by atoms with van der Waals surface area (Å²) in [7, 11) is 0. The summed E-state index contributed by atoms with van der Waals surface area (Å²) in [5.41, 5.74) is 0.765. The predicted octanol–water partition coefficient (Wildman–Crippen LogP) is 5.74. The number of hydrogen-bond acceptors (Lipinski definition) is 5. The van der Waals surface area contributed by atoms with Gasteiger partial charge in [0.1, 0.15) is 23.5 Å². The summed E-state index contributed by atoms with van der Waals surface area (Å²) in [5, 5.41) is 15.7. The summed E-state index contributed by atoms with van der Waals surface area (Å²) >= 11 is 12.0. The van der Waals surface area contributed by atoms with Crippen LogP contribution in [0.4, 0.5) is 0 Å². The minimum absolute atomic E-state index is 0.0507. The van der Waals surface area contributed by atoms with Crippen LogP contribution in [0.3, 0.4) is 0 Å². The van der Waals surface area contributed by atoms with Crippen LogP contribution in [0.1, 0.15) is 57.4 Å². The van der Waals surface area contributed by atoms with E-state index in [-0.39, 0.29) is 17.9 Å². The average molecular weight is 412 g/mol. The van der Waals surface area contributed by atoms with Gasteiger partial charge in [-0.3, -0.25) is 0 Å². The molecule has 5 nitrogen and oxygen atoms in total. The van der Waals surface area contributed by atoms with Crippen molar-refractivity contribution in [2.45, 2.75) is 64.1 Å². The third-order valence-electron chi connectivity index (χ3n) is 4.91. The van der Waals surface area contributed by atoms with Gasteiger partial charge in [0.15, 0.2) is 0 Å². The number of nitrogens with zero attached hydrogens (tertiary/aromatic N) is 1. The van der Waals surface area contributed by atoms with Crippen molar-refractivity contribution in [3.63, 3.8) is 0 Å². The Morgan fingerprint density at radius 3 is 2.52 bits per heavy atom. The van der Waals surface area contributed by atoms with E-state index >= 15 is 0 Å². The van der Waals surface area contributed by atoms with E-state index in [0.717, 1.165) is 37.7 Å². The molecule has 1 aromatic carbocycles. The normalized spacial score (nSPS) is 19.5. The van der Waals surface area contributed by atoms with E-state index < -0.39 is 11.6 Å². The highest BCUT2D eigenvalue weighted by molar-refractivity contribution is 6.34. The van der Waals surface area contributed by atoms with Crippen LogP contribution >= 0.6 is 23.2 Å². The van der Waals surface area contributed by atoms with Gasteiger partial charge in [-0.15, -0.1) is 0 Å². The molecule has 0 bridgehead atoms. The fraction of sp³-hybridized carbons (Fsp3) is 0.500. The van der Waals surface area contributed by atoms with Crippen molar-refractivity contribution < 1.29 is 19.5 Å². The van der Waals surface area contributed by atoms with Crippen molar-refractivity contribution in [1.82, 2.24) is 0 Å². The number of ether oxygens (including phenoxy) is 1. The first-order valence-electron chi connectivity index (χ1n) is 9.22. The molecule has 1 N–H and O–H groups in total. The van der Waals surface area contributed by atoms with Gasteiger partial charge in [0.25, 0.3) is 0 Å². The molecule has 2 aliphatic rings. The minimum Gasteiger partial charge on any atom is -0.511 e. The molecule has 146 valence electrons. The highest BCUT2D eigenvalue weighted by Gasteiger charge is 2.44. The van der Waals surface area contributed by atoms with E-state index in [1.165, 1.54) is 0 Å². The maximum Gasteiger partial charge on any atom is 0.344 e. The molecule has 1 spiro atoms. The first-order valence-corrected chi connectivity index (χ1v) is 9.98. The number of aliphatic hydroxyl groups excluding tert-OH is 1. The van der Waals surface area contributed by atoms with Crippen molar-refractivity contribution in [2.24, 2.45) is 5.16 Å². The number of benzene rings is 1. The van der Waals surface area contributed by atoms with Crippen LogP contribution in [0.5, 0.6) is 0 Å². The zero-order chi connectivity index (χ0) is 19.4. The molecule has 1 aliphatic carbocycles. The van der Waals surface area contributed by atoms with Crippen molar-refractivity contribution in [2.75, 3.05) is 0 Å². The number of oxime groups is 1. The second-order valence-corrected chi connectivity index (χ2v) is 7.99. The SMILES string of the molecule is CCC/C(=N\OCc1cc(Cl)cc(Cl)c1)C1=C(O)CC2(CCCC2)OC1=O. The van der Waals surface area contributed by atoms with E-state index in [0.29, 0.717) is 28.6 Å². The van der Waals surface area contributed by atoms with Crippen molar-refractivity contribution in [3.05, 3.63) is 45.1 Å². The van der Waals surface area contributed by atoms with Gasteiger partial charge in [-0.2, -0.15) is 0 Å². The number of carbonyl (C=O) groups excluding carboxylic acids is 1. The van der Waals surface area contributed by atoms with Gasteiger partial charge in [0, 0.05) is 16.5 Å². The van der Waals surface area contributed by atoms with E-state index in [4.69, 9.17) is 32.8 Å². The molecule has 1 fully saturated rings.